The molecule has 0 fully saturated rings. The first-order chi connectivity index (χ1) is 21.9. The molecule has 1 amide bonds. The Labute approximate surface area is 267 Å². The van der Waals surface area contributed by atoms with Crippen LogP contribution in [0.4, 0.5) is 0 Å². The van der Waals surface area contributed by atoms with Crippen LogP contribution in [0.2, 0.25) is 5.15 Å². The highest BCUT2D eigenvalue weighted by molar-refractivity contribution is 6.29. The maximum absolute atomic E-state index is 13.8. The van der Waals surface area contributed by atoms with E-state index in [1.165, 1.54) is 6.20 Å². The van der Waals surface area contributed by atoms with Gasteiger partial charge in [0.25, 0.3) is 5.91 Å². The SMILES string of the molecule is NC(N)=NCc1ccc(CN(Cc2ccc(OCc3ccccc3)c(OCc3ccccc3)c2)C(=O)c2ccc(Cl)nc2)cc1. The standard InChI is InChI=1S/C36H34ClN5O3/c37-34-18-16-31(21-40-34)35(43)42(22-27-13-11-26(12-14-27)20-41-36(38)39)23-30-15-17-32(44-24-28-7-3-1-4-8-28)33(19-30)45-25-29-9-5-2-6-10-29/h1-19,21H,20,22-25H2,(H4,38,39,41). The number of hydrogen-bond donors (Lipinski definition) is 2. The van der Waals surface area contributed by atoms with E-state index in [-0.39, 0.29) is 11.9 Å². The minimum Gasteiger partial charge on any atom is -0.485 e. The Kier molecular flexibility index (Phi) is 10.6. The molecule has 0 spiro atoms. The van der Waals surface area contributed by atoms with Gasteiger partial charge in [0.05, 0.1) is 12.1 Å². The summed E-state index contributed by atoms with van der Waals surface area (Å²) in [6, 6.07) is 36.8. The molecule has 228 valence electrons. The number of rotatable bonds is 13. The largest absolute Gasteiger partial charge is 0.485 e. The van der Waals surface area contributed by atoms with E-state index in [1.54, 1.807) is 17.0 Å². The Morgan fingerprint density at radius 1 is 0.689 bits per heavy atom. The van der Waals surface area contributed by atoms with Crippen molar-refractivity contribution >= 4 is 23.5 Å². The predicted octanol–water partition coefficient (Wildman–Crippen LogP) is 6.51. The average molecular weight is 620 g/mol. The number of carbonyl (C=O) groups is 1. The molecule has 0 aliphatic heterocycles. The molecule has 0 aliphatic carbocycles. The highest BCUT2D eigenvalue weighted by atomic mass is 35.5. The van der Waals surface area contributed by atoms with Crippen LogP contribution in [0.15, 0.2) is 126 Å². The van der Waals surface area contributed by atoms with Crippen molar-refractivity contribution in [3.05, 3.63) is 160 Å². The molecule has 0 saturated heterocycles. The molecule has 0 atom stereocenters. The summed E-state index contributed by atoms with van der Waals surface area (Å²) in [5, 5.41) is 0.320. The van der Waals surface area contributed by atoms with Gasteiger partial charge in [-0.3, -0.25) is 4.79 Å². The van der Waals surface area contributed by atoms with Gasteiger partial charge in [0, 0.05) is 19.3 Å². The highest BCUT2D eigenvalue weighted by Crippen LogP contribution is 2.31. The zero-order valence-electron chi connectivity index (χ0n) is 24.7. The van der Waals surface area contributed by atoms with Crippen molar-refractivity contribution in [2.24, 2.45) is 16.5 Å². The van der Waals surface area contributed by atoms with Crippen LogP contribution in [0.1, 0.15) is 38.2 Å². The molecule has 5 aromatic rings. The van der Waals surface area contributed by atoms with Crippen LogP contribution in [0, 0.1) is 0 Å². The van der Waals surface area contributed by atoms with Crippen molar-refractivity contribution in [2.45, 2.75) is 32.8 Å². The number of aliphatic imine (C=N–C) groups is 1. The van der Waals surface area contributed by atoms with Gasteiger partial charge in [0.1, 0.15) is 18.4 Å². The minimum atomic E-state index is -0.181. The van der Waals surface area contributed by atoms with Gasteiger partial charge < -0.3 is 25.8 Å². The van der Waals surface area contributed by atoms with E-state index in [1.807, 2.05) is 103 Å². The summed E-state index contributed by atoms with van der Waals surface area (Å²) in [5.74, 6) is 1.07. The second kappa shape index (κ2) is 15.4. The number of benzene rings is 4. The molecular weight excluding hydrogens is 586 g/mol. The lowest BCUT2D eigenvalue weighted by molar-refractivity contribution is 0.0729. The molecule has 1 heterocycles. The number of nitrogens with two attached hydrogens (primary N) is 2. The Hall–Kier alpha value is -5.34. The van der Waals surface area contributed by atoms with Crippen LogP contribution in [0.25, 0.3) is 0 Å². The van der Waals surface area contributed by atoms with Crippen molar-refractivity contribution in [1.29, 1.82) is 0 Å². The summed E-state index contributed by atoms with van der Waals surface area (Å²) in [7, 11) is 0. The van der Waals surface area contributed by atoms with Crippen LogP contribution < -0.4 is 20.9 Å². The molecule has 4 N–H and O–H groups in total. The smallest absolute Gasteiger partial charge is 0.256 e. The van der Waals surface area contributed by atoms with Crippen LogP contribution in [-0.2, 0) is 32.8 Å². The fourth-order valence-corrected chi connectivity index (χ4v) is 4.72. The van der Waals surface area contributed by atoms with Crippen LogP contribution >= 0.6 is 11.6 Å². The van der Waals surface area contributed by atoms with Crippen molar-refractivity contribution in [3.8, 4) is 11.5 Å². The number of aromatic nitrogens is 1. The lowest BCUT2D eigenvalue weighted by Crippen LogP contribution is -2.30. The molecule has 8 nitrogen and oxygen atoms in total. The van der Waals surface area contributed by atoms with Crippen molar-refractivity contribution in [3.63, 3.8) is 0 Å². The first kappa shape index (κ1) is 31.1. The molecule has 0 radical (unpaired) electrons. The van der Waals surface area contributed by atoms with Gasteiger partial charge in [-0.05, 0) is 52.1 Å². The molecule has 1 aromatic heterocycles. The summed E-state index contributed by atoms with van der Waals surface area (Å²) in [5.41, 5.74) is 16.2. The van der Waals surface area contributed by atoms with Gasteiger partial charge in [-0.25, -0.2) is 9.98 Å². The molecule has 0 unspecified atom stereocenters. The zero-order valence-corrected chi connectivity index (χ0v) is 25.4. The molecule has 0 saturated carbocycles. The number of pyridine rings is 1. The second-order valence-corrected chi connectivity index (χ2v) is 10.8. The summed E-state index contributed by atoms with van der Waals surface area (Å²) in [6.45, 7) is 1.83. The Morgan fingerprint density at radius 3 is 1.87 bits per heavy atom. The lowest BCUT2D eigenvalue weighted by atomic mass is 10.1. The number of halogens is 1. The summed E-state index contributed by atoms with van der Waals surface area (Å²) < 4.78 is 12.5. The van der Waals surface area contributed by atoms with Gasteiger partial charge in [-0.15, -0.1) is 0 Å². The normalized spacial score (nSPS) is 10.6. The Morgan fingerprint density at radius 2 is 1.27 bits per heavy atom. The monoisotopic (exact) mass is 619 g/mol. The fourth-order valence-electron chi connectivity index (χ4n) is 4.61. The third-order valence-electron chi connectivity index (χ3n) is 6.96. The van der Waals surface area contributed by atoms with E-state index >= 15 is 0 Å². The summed E-state index contributed by atoms with van der Waals surface area (Å²) >= 11 is 6.00. The van der Waals surface area contributed by atoms with Gasteiger partial charge in [-0.2, -0.15) is 0 Å². The summed E-state index contributed by atoms with van der Waals surface area (Å²) in [4.78, 5) is 23.7. The van der Waals surface area contributed by atoms with Gasteiger partial charge in [0.2, 0.25) is 0 Å². The van der Waals surface area contributed by atoms with Crippen molar-refractivity contribution in [2.75, 3.05) is 0 Å². The molecule has 45 heavy (non-hydrogen) atoms. The first-order valence-electron chi connectivity index (χ1n) is 14.4. The van der Waals surface area contributed by atoms with Gasteiger partial charge >= 0.3 is 0 Å². The Balaban J connectivity index is 1.40. The highest BCUT2D eigenvalue weighted by Gasteiger charge is 2.19. The molecular formula is C36H34ClN5O3. The molecule has 0 aliphatic rings. The maximum Gasteiger partial charge on any atom is 0.256 e. The number of hydrogen-bond acceptors (Lipinski definition) is 5. The summed E-state index contributed by atoms with van der Waals surface area (Å²) in [6.07, 6.45) is 1.49. The van der Waals surface area contributed by atoms with Crippen LogP contribution in [0.3, 0.4) is 0 Å². The average Bonchev–Trinajstić information content (AvgIpc) is 3.07. The quantitative estimate of drug-likeness (QED) is 0.0882. The third kappa shape index (κ3) is 9.32. The molecule has 0 bridgehead atoms. The molecule has 5 rings (SSSR count). The van der Waals surface area contributed by atoms with E-state index in [4.69, 9.17) is 32.5 Å². The topological polar surface area (TPSA) is 116 Å². The number of nitrogens with zero attached hydrogens (tertiary/aromatic N) is 3. The van der Waals surface area contributed by atoms with E-state index in [0.29, 0.717) is 55.1 Å². The van der Waals surface area contributed by atoms with E-state index < -0.39 is 0 Å². The molecule has 4 aromatic carbocycles. The maximum atomic E-state index is 13.8. The van der Waals surface area contributed by atoms with Crippen LogP contribution in [-0.4, -0.2) is 21.8 Å². The number of carbonyl (C=O) groups excluding carboxylic acids is 1. The first-order valence-corrected chi connectivity index (χ1v) is 14.8. The van der Waals surface area contributed by atoms with E-state index in [9.17, 15) is 4.79 Å². The van der Waals surface area contributed by atoms with Gasteiger partial charge in [-0.1, -0.05) is 103 Å². The van der Waals surface area contributed by atoms with Crippen molar-refractivity contribution in [1.82, 2.24) is 9.88 Å². The number of ether oxygens (including phenoxy) is 2. The van der Waals surface area contributed by atoms with E-state index in [0.717, 1.165) is 27.8 Å². The predicted molar refractivity (Wildman–Crippen MR) is 177 cm³/mol. The zero-order chi connectivity index (χ0) is 31.4. The minimum absolute atomic E-state index is 0.0380. The van der Waals surface area contributed by atoms with Crippen LogP contribution in [0.5, 0.6) is 11.5 Å². The second-order valence-electron chi connectivity index (χ2n) is 10.4. The molecule has 9 heteroatoms. The van der Waals surface area contributed by atoms with Crippen molar-refractivity contribution < 1.29 is 14.3 Å². The van der Waals surface area contributed by atoms with Gasteiger partial charge in [0.15, 0.2) is 17.5 Å². The third-order valence-corrected chi connectivity index (χ3v) is 7.18. The lowest BCUT2D eigenvalue weighted by Gasteiger charge is -2.24. The van der Waals surface area contributed by atoms with E-state index in [2.05, 4.69) is 9.98 Å². The number of amides is 1. The fraction of sp³-hybridized carbons (Fsp3) is 0.139. The Bertz CT molecular complexity index is 1710. The number of guanidine groups is 1.